The third kappa shape index (κ3) is 4.21. The molecule has 4 nitrogen and oxygen atoms in total. The topological polar surface area (TPSA) is 61.7 Å². The highest BCUT2D eigenvalue weighted by Crippen LogP contribution is 2.29. The molecule has 0 fully saturated rings. The van der Waals surface area contributed by atoms with Crippen molar-refractivity contribution in [2.45, 2.75) is 11.9 Å². The van der Waals surface area contributed by atoms with E-state index in [9.17, 15) is 14.3 Å². The molecule has 0 aliphatic carbocycles. The van der Waals surface area contributed by atoms with Crippen LogP contribution in [0.25, 0.3) is 0 Å². The van der Waals surface area contributed by atoms with E-state index in [0.29, 0.717) is 10.8 Å². The summed E-state index contributed by atoms with van der Waals surface area (Å²) in [6.07, 6.45) is -0.898. The van der Waals surface area contributed by atoms with Gasteiger partial charge in [0.2, 0.25) is 5.91 Å². The van der Waals surface area contributed by atoms with Gasteiger partial charge in [-0.15, -0.1) is 11.8 Å². The molecule has 0 radical (unpaired) electrons. The summed E-state index contributed by atoms with van der Waals surface area (Å²) in [6.45, 7) is 0.173. The van der Waals surface area contributed by atoms with Crippen LogP contribution in [0.2, 0.25) is 5.02 Å². The number of benzene rings is 2. The Bertz CT molecular complexity index is 801. The second-order valence-electron chi connectivity index (χ2n) is 5.59. The standard InChI is InChI=1S/C18H16ClFN2O2S/c19-16-12(20)7-4-8-13(16)22-17(24)15-14(23)9-21-18(15)25-10-11-5-2-1-3-6-11/h1-8,14-15,23H,9-10H2,(H,22,24). The van der Waals surface area contributed by atoms with Gasteiger partial charge in [-0.1, -0.05) is 48.0 Å². The summed E-state index contributed by atoms with van der Waals surface area (Å²) < 4.78 is 13.5. The van der Waals surface area contributed by atoms with Crippen LogP contribution in [0.5, 0.6) is 0 Å². The molecule has 2 aromatic rings. The maximum absolute atomic E-state index is 13.5. The number of rotatable bonds is 4. The van der Waals surface area contributed by atoms with E-state index in [1.807, 2.05) is 30.3 Å². The van der Waals surface area contributed by atoms with Crippen molar-refractivity contribution < 1.29 is 14.3 Å². The first-order chi connectivity index (χ1) is 12.1. The van der Waals surface area contributed by atoms with E-state index in [1.165, 1.54) is 30.0 Å². The molecule has 0 spiro atoms. The Morgan fingerprint density at radius 2 is 2.04 bits per heavy atom. The molecule has 0 saturated carbocycles. The lowest BCUT2D eigenvalue weighted by Gasteiger charge is -2.17. The number of hydrogen-bond acceptors (Lipinski definition) is 4. The molecule has 0 bridgehead atoms. The van der Waals surface area contributed by atoms with E-state index < -0.39 is 23.7 Å². The van der Waals surface area contributed by atoms with Crippen LogP contribution >= 0.6 is 23.4 Å². The van der Waals surface area contributed by atoms with Crippen molar-refractivity contribution in [1.82, 2.24) is 0 Å². The number of carbonyl (C=O) groups excluding carboxylic acids is 1. The van der Waals surface area contributed by atoms with Gasteiger partial charge < -0.3 is 10.4 Å². The summed E-state index contributed by atoms with van der Waals surface area (Å²) in [5, 5.41) is 13.1. The second kappa shape index (κ2) is 7.99. The molecule has 2 N–H and O–H groups in total. The average Bonchev–Trinajstić information content (AvgIpc) is 2.99. The minimum absolute atomic E-state index is 0.154. The molecule has 1 heterocycles. The van der Waals surface area contributed by atoms with Gasteiger partial charge >= 0.3 is 0 Å². The van der Waals surface area contributed by atoms with Crippen LogP contribution < -0.4 is 5.32 Å². The van der Waals surface area contributed by atoms with Crippen LogP contribution in [0.4, 0.5) is 10.1 Å². The van der Waals surface area contributed by atoms with Gasteiger partial charge in [-0.2, -0.15) is 0 Å². The first-order valence-electron chi connectivity index (χ1n) is 7.70. The van der Waals surface area contributed by atoms with Crippen LogP contribution in [0.15, 0.2) is 53.5 Å². The summed E-state index contributed by atoms with van der Waals surface area (Å²) in [7, 11) is 0. The molecule has 2 unspecified atom stereocenters. The number of nitrogens with one attached hydrogen (secondary N) is 1. The van der Waals surface area contributed by atoms with Gasteiger partial charge in [0, 0.05) is 5.75 Å². The average molecular weight is 379 g/mol. The molecule has 2 aromatic carbocycles. The van der Waals surface area contributed by atoms with Crippen LogP contribution in [-0.4, -0.2) is 28.7 Å². The number of anilines is 1. The van der Waals surface area contributed by atoms with Crippen molar-refractivity contribution in [2.75, 3.05) is 11.9 Å². The summed E-state index contributed by atoms with van der Waals surface area (Å²) in [5.41, 5.74) is 1.28. The molecule has 1 amide bonds. The first kappa shape index (κ1) is 17.9. The van der Waals surface area contributed by atoms with Crippen molar-refractivity contribution in [2.24, 2.45) is 10.9 Å². The Morgan fingerprint density at radius 1 is 1.28 bits per heavy atom. The predicted molar refractivity (Wildman–Crippen MR) is 99.6 cm³/mol. The van der Waals surface area contributed by atoms with Gasteiger partial charge in [0.05, 0.1) is 28.4 Å². The zero-order valence-corrected chi connectivity index (χ0v) is 14.7. The molecule has 0 saturated heterocycles. The van der Waals surface area contributed by atoms with Crippen molar-refractivity contribution >= 4 is 40.0 Å². The van der Waals surface area contributed by atoms with Gasteiger partial charge in [0.15, 0.2) is 0 Å². The van der Waals surface area contributed by atoms with E-state index in [-0.39, 0.29) is 17.3 Å². The van der Waals surface area contributed by atoms with Crippen molar-refractivity contribution in [1.29, 1.82) is 0 Å². The lowest BCUT2D eigenvalue weighted by Crippen LogP contribution is -2.35. The Labute approximate surface area is 154 Å². The molecule has 1 aliphatic heterocycles. The van der Waals surface area contributed by atoms with Crippen molar-refractivity contribution in [3.63, 3.8) is 0 Å². The normalized spacial score (nSPS) is 19.6. The minimum atomic E-state index is -0.898. The zero-order chi connectivity index (χ0) is 17.8. The summed E-state index contributed by atoms with van der Waals surface area (Å²) in [5.74, 6) is -1.19. The Kier molecular flexibility index (Phi) is 5.73. The highest BCUT2D eigenvalue weighted by atomic mass is 35.5. The van der Waals surface area contributed by atoms with Crippen LogP contribution in [-0.2, 0) is 10.5 Å². The SMILES string of the molecule is O=C(Nc1cccc(F)c1Cl)C1C(SCc2ccccc2)=NCC1O. The van der Waals surface area contributed by atoms with Gasteiger partial charge in [0.1, 0.15) is 11.7 Å². The number of halogens is 2. The summed E-state index contributed by atoms with van der Waals surface area (Å²) >= 11 is 7.29. The molecule has 7 heteroatoms. The van der Waals surface area contributed by atoms with E-state index in [1.54, 1.807) is 0 Å². The van der Waals surface area contributed by atoms with Crippen LogP contribution in [0.1, 0.15) is 5.56 Å². The number of amides is 1. The maximum Gasteiger partial charge on any atom is 0.236 e. The van der Waals surface area contributed by atoms with Crippen LogP contribution in [0, 0.1) is 11.7 Å². The van der Waals surface area contributed by atoms with Gasteiger partial charge in [0.25, 0.3) is 0 Å². The number of aliphatic hydroxyl groups excluding tert-OH is 1. The Balaban J connectivity index is 1.69. The zero-order valence-electron chi connectivity index (χ0n) is 13.2. The molecular formula is C18H16ClFN2O2S. The molecule has 25 heavy (non-hydrogen) atoms. The summed E-state index contributed by atoms with van der Waals surface area (Å²) in [6, 6.07) is 14.0. The number of hydrogen-bond donors (Lipinski definition) is 2. The fourth-order valence-electron chi connectivity index (χ4n) is 2.52. The number of carbonyl (C=O) groups is 1. The van der Waals surface area contributed by atoms with Gasteiger partial charge in [-0.05, 0) is 17.7 Å². The number of nitrogens with zero attached hydrogens (tertiary/aromatic N) is 1. The Hall–Kier alpha value is -1.89. The lowest BCUT2D eigenvalue weighted by atomic mass is 10.1. The van der Waals surface area contributed by atoms with E-state index >= 15 is 0 Å². The van der Waals surface area contributed by atoms with E-state index in [4.69, 9.17) is 11.6 Å². The highest BCUT2D eigenvalue weighted by Gasteiger charge is 2.36. The van der Waals surface area contributed by atoms with E-state index in [2.05, 4.69) is 10.3 Å². The largest absolute Gasteiger partial charge is 0.390 e. The summed E-state index contributed by atoms with van der Waals surface area (Å²) in [4.78, 5) is 16.8. The van der Waals surface area contributed by atoms with E-state index in [0.717, 1.165) is 5.56 Å². The second-order valence-corrected chi connectivity index (χ2v) is 6.96. The fourth-order valence-corrected chi connectivity index (χ4v) is 3.81. The molecule has 2 atom stereocenters. The smallest absolute Gasteiger partial charge is 0.236 e. The van der Waals surface area contributed by atoms with Gasteiger partial charge in [-0.25, -0.2) is 4.39 Å². The third-order valence-electron chi connectivity index (χ3n) is 3.81. The predicted octanol–water partition coefficient (Wildman–Crippen LogP) is 3.74. The fraction of sp³-hybridized carbons (Fsp3) is 0.222. The molecule has 1 aliphatic rings. The van der Waals surface area contributed by atoms with Crippen LogP contribution in [0.3, 0.4) is 0 Å². The third-order valence-corrected chi connectivity index (χ3v) is 5.35. The van der Waals surface area contributed by atoms with Gasteiger partial charge in [-0.3, -0.25) is 9.79 Å². The first-order valence-corrected chi connectivity index (χ1v) is 9.06. The minimum Gasteiger partial charge on any atom is -0.390 e. The quantitative estimate of drug-likeness (QED) is 0.851. The number of aliphatic hydroxyl groups is 1. The Morgan fingerprint density at radius 3 is 2.80 bits per heavy atom. The number of aliphatic imine (C=N–C) groups is 1. The number of thioether (sulfide) groups is 1. The monoisotopic (exact) mass is 378 g/mol. The van der Waals surface area contributed by atoms with Crippen molar-refractivity contribution in [3.05, 3.63) is 64.9 Å². The lowest BCUT2D eigenvalue weighted by molar-refractivity contribution is -0.120. The molecule has 3 rings (SSSR count). The van der Waals surface area contributed by atoms with Crippen molar-refractivity contribution in [3.8, 4) is 0 Å². The molecular weight excluding hydrogens is 363 g/mol. The maximum atomic E-state index is 13.5. The molecule has 0 aromatic heterocycles. The molecule has 130 valence electrons. The highest BCUT2D eigenvalue weighted by molar-refractivity contribution is 8.13.